The molecule has 1 nitrogen and oxygen atoms in total. The zero-order valence-electron chi connectivity index (χ0n) is 9.79. The van der Waals surface area contributed by atoms with E-state index in [4.69, 9.17) is 0 Å². The van der Waals surface area contributed by atoms with E-state index in [2.05, 4.69) is 43.6 Å². The van der Waals surface area contributed by atoms with Crippen LogP contribution in [0.4, 0.5) is 0 Å². The minimum absolute atomic E-state index is 0.737. The third-order valence-corrected chi connectivity index (χ3v) is 3.70. The summed E-state index contributed by atoms with van der Waals surface area (Å²) < 4.78 is 0. The van der Waals surface area contributed by atoms with Gasteiger partial charge in [0, 0.05) is 6.04 Å². The van der Waals surface area contributed by atoms with Gasteiger partial charge in [-0.1, -0.05) is 31.2 Å². The highest BCUT2D eigenvalue weighted by Gasteiger charge is 2.24. The van der Waals surface area contributed by atoms with Crippen LogP contribution < -0.4 is 5.32 Å². The molecule has 2 atom stereocenters. The van der Waals surface area contributed by atoms with Crippen molar-refractivity contribution in [1.29, 1.82) is 0 Å². The number of benzene rings is 1. The molecular formula is C14H21N. The molecule has 1 saturated carbocycles. The summed E-state index contributed by atoms with van der Waals surface area (Å²) >= 11 is 0. The van der Waals surface area contributed by atoms with Crippen molar-refractivity contribution < 1.29 is 0 Å². The van der Waals surface area contributed by atoms with Gasteiger partial charge in [-0.25, -0.2) is 0 Å². The van der Waals surface area contributed by atoms with E-state index in [1.165, 1.54) is 30.4 Å². The Morgan fingerprint density at radius 2 is 1.93 bits per heavy atom. The van der Waals surface area contributed by atoms with E-state index in [9.17, 15) is 0 Å². The molecule has 1 N–H and O–H groups in total. The maximum atomic E-state index is 3.39. The van der Waals surface area contributed by atoms with Gasteiger partial charge in [0.2, 0.25) is 0 Å². The maximum absolute atomic E-state index is 3.39. The van der Waals surface area contributed by atoms with Crippen molar-refractivity contribution >= 4 is 0 Å². The predicted octanol–water partition coefficient (Wildman–Crippen LogP) is 3.10. The minimum Gasteiger partial charge on any atom is -0.317 e. The quantitative estimate of drug-likeness (QED) is 0.796. The number of hydrogen-bond acceptors (Lipinski definition) is 1. The van der Waals surface area contributed by atoms with Gasteiger partial charge in [0.05, 0.1) is 0 Å². The molecule has 0 saturated heterocycles. The third kappa shape index (κ3) is 2.40. The first-order valence-corrected chi connectivity index (χ1v) is 6.09. The summed E-state index contributed by atoms with van der Waals surface area (Å²) in [7, 11) is 2.08. The first-order chi connectivity index (χ1) is 7.33. The smallest absolute Gasteiger partial charge is 0.00701 e. The van der Waals surface area contributed by atoms with E-state index >= 15 is 0 Å². The van der Waals surface area contributed by atoms with Crippen LogP contribution in [-0.2, 0) is 6.42 Å². The van der Waals surface area contributed by atoms with Crippen LogP contribution in [0.5, 0.6) is 0 Å². The average Bonchev–Trinajstić information content (AvgIpc) is 2.78. The number of aryl methyl sites for hydroxylation is 1. The predicted molar refractivity (Wildman–Crippen MR) is 65.3 cm³/mol. The topological polar surface area (TPSA) is 12.0 Å². The molecule has 0 amide bonds. The van der Waals surface area contributed by atoms with Crippen LogP contribution in [0, 0.1) is 0 Å². The van der Waals surface area contributed by atoms with Gasteiger partial charge in [-0.15, -0.1) is 0 Å². The molecule has 0 bridgehead atoms. The second-order valence-electron chi connectivity index (χ2n) is 4.59. The zero-order valence-corrected chi connectivity index (χ0v) is 9.79. The van der Waals surface area contributed by atoms with Crippen molar-refractivity contribution in [3.8, 4) is 0 Å². The minimum atomic E-state index is 0.737. The van der Waals surface area contributed by atoms with E-state index in [1.54, 1.807) is 0 Å². The standard InChI is InChI=1S/C14H21N/c1-3-11-4-6-12(7-5-11)13-8-9-14(10-13)15-2/h4-7,13-15H,3,8-10H2,1-2H3. The molecule has 0 aliphatic heterocycles. The van der Waals surface area contributed by atoms with Crippen molar-refractivity contribution in [2.75, 3.05) is 7.05 Å². The SMILES string of the molecule is CCc1ccc(C2CCC(NC)C2)cc1. The average molecular weight is 203 g/mol. The van der Waals surface area contributed by atoms with Crippen LogP contribution in [-0.4, -0.2) is 13.1 Å². The Balaban J connectivity index is 2.04. The Bertz CT molecular complexity index is 302. The Morgan fingerprint density at radius 3 is 2.47 bits per heavy atom. The molecule has 15 heavy (non-hydrogen) atoms. The molecule has 1 aliphatic rings. The Morgan fingerprint density at radius 1 is 1.20 bits per heavy atom. The summed E-state index contributed by atoms with van der Waals surface area (Å²) in [6, 6.07) is 9.94. The molecule has 1 aliphatic carbocycles. The van der Waals surface area contributed by atoms with Gasteiger partial charge < -0.3 is 5.32 Å². The maximum Gasteiger partial charge on any atom is 0.00701 e. The molecule has 2 rings (SSSR count). The van der Waals surface area contributed by atoms with Crippen LogP contribution in [0.15, 0.2) is 24.3 Å². The second-order valence-corrected chi connectivity index (χ2v) is 4.59. The monoisotopic (exact) mass is 203 g/mol. The highest BCUT2D eigenvalue weighted by molar-refractivity contribution is 5.26. The van der Waals surface area contributed by atoms with Gasteiger partial charge >= 0.3 is 0 Å². The van der Waals surface area contributed by atoms with Gasteiger partial charge in [0.1, 0.15) is 0 Å². The van der Waals surface area contributed by atoms with Crippen molar-refractivity contribution in [1.82, 2.24) is 5.32 Å². The summed E-state index contributed by atoms with van der Waals surface area (Å²) in [6.07, 6.45) is 5.12. The van der Waals surface area contributed by atoms with Gasteiger partial charge in [-0.3, -0.25) is 0 Å². The van der Waals surface area contributed by atoms with E-state index in [0.29, 0.717) is 0 Å². The molecule has 2 unspecified atom stereocenters. The second kappa shape index (κ2) is 4.80. The van der Waals surface area contributed by atoms with Crippen LogP contribution in [0.2, 0.25) is 0 Å². The Labute approximate surface area is 92.9 Å². The van der Waals surface area contributed by atoms with Gasteiger partial charge in [0.15, 0.2) is 0 Å². The van der Waals surface area contributed by atoms with Crippen LogP contribution in [0.3, 0.4) is 0 Å². The van der Waals surface area contributed by atoms with Gasteiger partial charge in [-0.2, -0.15) is 0 Å². The lowest BCUT2D eigenvalue weighted by molar-refractivity contribution is 0.572. The number of rotatable bonds is 3. The summed E-state index contributed by atoms with van der Waals surface area (Å²) in [4.78, 5) is 0. The number of nitrogens with one attached hydrogen (secondary N) is 1. The fourth-order valence-electron chi connectivity index (χ4n) is 2.57. The molecule has 0 spiro atoms. The van der Waals surface area contributed by atoms with Crippen molar-refractivity contribution in [2.24, 2.45) is 0 Å². The van der Waals surface area contributed by atoms with Gasteiger partial charge in [0.25, 0.3) is 0 Å². The Kier molecular flexibility index (Phi) is 3.42. The summed E-state index contributed by atoms with van der Waals surface area (Å²) in [6.45, 7) is 2.21. The molecule has 1 aromatic carbocycles. The third-order valence-electron chi connectivity index (χ3n) is 3.70. The van der Waals surface area contributed by atoms with E-state index in [-0.39, 0.29) is 0 Å². The van der Waals surface area contributed by atoms with E-state index in [0.717, 1.165) is 18.4 Å². The fourth-order valence-corrected chi connectivity index (χ4v) is 2.57. The van der Waals surface area contributed by atoms with Gasteiger partial charge in [-0.05, 0) is 49.8 Å². The van der Waals surface area contributed by atoms with E-state index in [1.807, 2.05) is 0 Å². The highest BCUT2D eigenvalue weighted by Crippen LogP contribution is 2.34. The number of hydrogen-bond donors (Lipinski definition) is 1. The lowest BCUT2D eigenvalue weighted by Gasteiger charge is -2.11. The molecule has 0 heterocycles. The summed E-state index contributed by atoms with van der Waals surface area (Å²) in [5.41, 5.74) is 2.98. The first-order valence-electron chi connectivity index (χ1n) is 6.09. The van der Waals surface area contributed by atoms with E-state index < -0.39 is 0 Å². The first kappa shape index (κ1) is 10.7. The zero-order chi connectivity index (χ0) is 10.7. The summed E-state index contributed by atoms with van der Waals surface area (Å²) in [5, 5.41) is 3.39. The molecule has 1 heteroatoms. The summed E-state index contributed by atoms with van der Waals surface area (Å²) in [5.74, 6) is 0.786. The van der Waals surface area contributed by atoms with Crippen LogP contribution in [0.25, 0.3) is 0 Å². The lowest BCUT2D eigenvalue weighted by Crippen LogP contribution is -2.21. The van der Waals surface area contributed by atoms with Crippen molar-refractivity contribution in [3.63, 3.8) is 0 Å². The largest absolute Gasteiger partial charge is 0.317 e. The Hall–Kier alpha value is -0.820. The fraction of sp³-hybridized carbons (Fsp3) is 0.571. The lowest BCUT2D eigenvalue weighted by atomic mass is 9.96. The molecule has 0 radical (unpaired) electrons. The molecular weight excluding hydrogens is 182 g/mol. The normalized spacial score (nSPS) is 25.7. The molecule has 1 aromatic rings. The molecule has 1 fully saturated rings. The van der Waals surface area contributed by atoms with Crippen LogP contribution in [0.1, 0.15) is 43.2 Å². The van der Waals surface area contributed by atoms with Crippen molar-refractivity contribution in [3.05, 3.63) is 35.4 Å². The van der Waals surface area contributed by atoms with Crippen molar-refractivity contribution in [2.45, 2.75) is 44.6 Å². The van der Waals surface area contributed by atoms with Crippen LogP contribution >= 0.6 is 0 Å². The molecule has 0 aromatic heterocycles. The molecule has 82 valence electrons. The highest BCUT2D eigenvalue weighted by atomic mass is 14.9.